The Kier molecular flexibility index (Phi) is 4.38. The van der Waals surface area contributed by atoms with Crippen LogP contribution in [0.1, 0.15) is 17.9 Å². The van der Waals surface area contributed by atoms with Gasteiger partial charge < -0.3 is 15.6 Å². The number of nitrogens with zero attached hydrogens (tertiary/aromatic N) is 1. The molecule has 1 heterocycles. The lowest BCUT2D eigenvalue weighted by Gasteiger charge is -2.16. The second-order valence-corrected chi connectivity index (χ2v) is 5.67. The van der Waals surface area contributed by atoms with E-state index in [9.17, 15) is 19.5 Å². The normalized spacial score (nSPS) is 19.7. The molecule has 3 N–H and O–H groups in total. The predicted octanol–water partition coefficient (Wildman–Crippen LogP) is 2.33. The fraction of sp³-hybridized carbons (Fsp3) is 0.167. The fourth-order valence-corrected chi connectivity index (χ4v) is 2.90. The van der Waals surface area contributed by atoms with Crippen molar-refractivity contribution in [1.29, 1.82) is 0 Å². The first-order valence-corrected chi connectivity index (χ1v) is 7.65. The van der Waals surface area contributed by atoms with Gasteiger partial charge in [-0.3, -0.25) is 4.79 Å². The molecule has 1 fully saturated rings. The number of urea groups is 1. The number of carboxylic acids is 1. The number of aliphatic carboxylic acids is 1. The fourth-order valence-electron chi connectivity index (χ4n) is 2.90. The summed E-state index contributed by atoms with van der Waals surface area (Å²) in [5, 5.41) is 9.20. The molecule has 1 aliphatic rings. The number of benzene rings is 2. The molecule has 0 unspecified atom stereocenters. The number of primary amides is 1. The van der Waals surface area contributed by atoms with Crippen LogP contribution in [-0.4, -0.2) is 34.0 Å². The molecule has 1 aliphatic heterocycles. The van der Waals surface area contributed by atoms with Crippen LogP contribution in [-0.2, 0) is 9.59 Å². The Balaban J connectivity index is 1.79. The van der Waals surface area contributed by atoms with Crippen LogP contribution in [0.5, 0.6) is 11.5 Å². The average molecular weight is 340 g/mol. The van der Waals surface area contributed by atoms with E-state index in [0.29, 0.717) is 22.0 Å². The molecule has 0 spiro atoms. The molecular weight excluding hydrogens is 324 g/mol. The number of likely N-dealkylation sites (tertiary alicyclic amines) is 1. The quantitative estimate of drug-likeness (QED) is 0.887. The Hall–Kier alpha value is -3.35. The number of carbonyl (C=O) groups is 3. The van der Waals surface area contributed by atoms with E-state index in [2.05, 4.69) is 0 Å². The van der Waals surface area contributed by atoms with Gasteiger partial charge in [0, 0.05) is 0 Å². The number of hydrogen-bond donors (Lipinski definition) is 2. The SMILES string of the molecule is NC(=O)N1C(=O)[C@H](c2ccc(Oc3ccccc3)cc2)C[C@@H]1C(=O)O. The van der Waals surface area contributed by atoms with Crippen LogP contribution in [0.15, 0.2) is 54.6 Å². The molecule has 3 amide bonds. The lowest BCUT2D eigenvalue weighted by Crippen LogP contribution is -2.46. The van der Waals surface area contributed by atoms with Gasteiger partial charge in [0.15, 0.2) is 0 Å². The zero-order chi connectivity index (χ0) is 18.0. The third kappa shape index (κ3) is 3.30. The number of ether oxygens (including phenoxy) is 1. The maximum atomic E-state index is 12.4. The minimum Gasteiger partial charge on any atom is -0.480 e. The van der Waals surface area contributed by atoms with Gasteiger partial charge in [-0.15, -0.1) is 0 Å². The van der Waals surface area contributed by atoms with E-state index in [0.717, 1.165) is 0 Å². The molecule has 7 nitrogen and oxygen atoms in total. The highest BCUT2D eigenvalue weighted by molar-refractivity contribution is 6.03. The lowest BCUT2D eigenvalue weighted by atomic mass is 9.96. The van der Waals surface area contributed by atoms with Crippen LogP contribution in [0, 0.1) is 0 Å². The van der Waals surface area contributed by atoms with Crippen molar-refractivity contribution in [3.05, 3.63) is 60.2 Å². The monoisotopic (exact) mass is 340 g/mol. The lowest BCUT2D eigenvalue weighted by molar-refractivity contribution is -0.144. The van der Waals surface area contributed by atoms with Gasteiger partial charge in [-0.2, -0.15) is 0 Å². The van der Waals surface area contributed by atoms with Crippen molar-refractivity contribution in [3.8, 4) is 11.5 Å². The molecule has 128 valence electrons. The summed E-state index contributed by atoms with van der Waals surface area (Å²) in [6.07, 6.45) is -0.00397. The highest BCUT2D eigenvalue weighted by Gasteiger charge is 2.46. The minimum absolute atomic E-state index is 0.00397. The second kappa shape index (κ2) is 6.64. The molecule has 2 aromatic rings. The number of carboxylic acid groups (broad SMARTS) is 1. The van der Waals surface area contributed by atoms with Gasteiger partial charge in [-0.25, -0.2) is 14.5 Å². The van der Waals surface area contributed by atoms with E-state index in [1.807, 2.05) is 30.3 Å². The smallest absolute Gasteiger partial charge is 0.327 e. The van der Waals surface area contributed by atoms with Crippen molar-refractivity contribution in [2.24, 2.45) is 5.73 Å². The number of imide groups is 1. The summed E-state index contributed by atoms with van der Waals surface area (Å²) < 4.78 is 5.68. The van der Waals surface area contributed by atoms with Crippen LogP contribution < -0.4 is 10.5 Å². The summed E-state index contributed by atoms with van der Waals surface area (Å²) in [5.41, 5.74) is 5.76. The van der Waals surface area contributed by atoms with E-state index < -0.39 is 29.9 Å². The molecule has 25 heavy (non-hydrogen) atoms. The Morgan fingerprint density at radius 1 is 1.04 bits per heavy atom. The van der Waals surface area contributed by atoms with Gasteiger partial charge in [0.1, 0.15) is 17.5 Å². The van der Waals surface area contributed by atoms with Crippen molar-refractivity contribution >= 4 is 17.9 Å². The highest BCUT2D eigenvalue weighted by Crippen LogP contribution is 2.34. The van der Waals surface area contributed by atoms with Gasteiger partial charge in [0.05, 0.1) is 5.92 Å². The first-order chi connectivity index (χ1) is 12.0. The molecule has 0 aromatic heterocycles. The van der Waals surface area contributed by atoms with Crippen LogP contribution in [0.25, 0.3) is 0 Å². The maximum absolute atomic E-state index is 12.4. The maximum Gasteiger partial charge on any atom is 0.327 e. The summed E-state index contributed by atoms with van der Waals surface area (Å²) in [4.78, 5) is 35.7. The first kappa shape index (κ1) is 16.5. The van der Waals surface area contributed by atoms with Crippen molar-refractivity contribution in [3.63, 3.8) is 0 Å². The number of hydrogen-bond acceptors (Lipinski definition) is 4. The van der Waals surface area contributed by atoms with Gasteiger partial charge in [-0.05, 0) is 36.2 Å². The van der Waals surface area contributed by atoms with Crippen molar-refractivity contribution < 1.29 is 24.2 Å². The zero-order valence-corrected chi connectivity index (χ0v) is 13.2. The van der Waals surface area contributed by atoms with E-state index in [-0.39, 0.29) is 6.42 Å². The summed E-state index contributed by atoms with van der Waals surface area (Å²) in [7, 11) is 0. The van der Waals surface area contributed by atoms with Crippen LogP contribution in [0.3, 0.4) is 0 Å². The van der Waals surface area contributed by atoms with E-state index in [1.54, 1.807) is 24.3 Å². The topological polar surface area (TPSA) is 110 Å². The van der Waals surface area contributed by atoms with Gasteiger partial charge in [-0.1, -0.05) is 30.3 Å². The Bertz CT molecular complexity index is 804. The number of carbonyl (C=O) groups excluding carboxylic acids is 2. The summed E-state index contributed by atoms with van der Waals surface area (Å²) in [5.74, 6) is -1.31. The number of para-hydroxylation sites is 1. The molecule has 0 saturated carbocycles. The Morgan fingerprint density at radius 3 is 2.16 bits per heavy atom. The zero-order valence-electron chi connectivity index (χ0n) is 13.2. The van der Waals surface area contributed by atoms with E-state index >= 15 is 0 Å². The van der Waals surface area contributed by atoms with E-state index in [4.69, 9.17) is 10.5 Å². The first-order valence-electron chi connectivity index (χ1n) is 7.65. The number of rotatable bonds is 4. The molecule has 0 aliphatic carbocycles. The Morgan fingerprint density at radius 2 is 1.64 bits per heavy atom. The average Bonchev–Trinajstić information content (AvgIpc) is 2.94. The molecule has 0 bridgehead atoms. The Labute approximate surface area is 143 Å². The third-order valence-electron chi connectivity index (χ3n) is 4.09. The summed E-state index contributed by atoms with van der Waals surface area (Å²) in [6.45, 7) is 0. The van der Waals surface area contributed by atoms with E-state index in [1.165, 1.54) is 0 Å². The molecule has 2 aromatic carbocycles. The van der Waals surface area contributed by atoms with Gasteiger partial charge in [0.25, 0.3) is 0 Å². The van der Waals surface area contributed by atoms with Crippen LogP contribution >= 0.6 is 0 Å². The highest BCUT2D eigenvalue weighted by atomic mass is 16.5. The minimum atomic E-state index is -1.25. The van der Waals surface area contributed by atoms with Gasteiger partial charge in [0.2, 0.25) is 5.91 Å². The molecule has 2 atom stereocenters. The molecule has 0 radical (unpaired) electrons. The van der Waals surface area contributed by atoms with Crippen LogP contribution in [0.2, 0.25) is 0 Å². The number of amides is 3. The summed E-state index contributed by atoms with van der Waals surface area (Å²) in [6, 6.07) is 13.7. The van der Waals surface area contributed by atoms with Crippen LogP contribution in [0.4, 0.5) is 4.79 Å². The summed E-state index contributed by atoms with van der Waals surface area (Å²) >= 11 is 0. The third-order valence-corrected chi connectivity index (χ3v) is 4.09. The van der Waals surface area contributed by atoms with Crippen molar-refractivity contribution in [1.82, 2.24) is 4.90 Å². The molecule has 7 heteroatoms. The molecular formula is C18H16N2O5. The van der Waals surface area contributed by atoms with Crippen molar-refractivity contribution in [2.45, 2.75) is 18.4 Å². The van der Waals surface area contributed by atoms with Crippen molar-refractivity contribution in [2.75, 3.05) is 0 Å². The standard InChI is InChI=1S/C18H16N2O5/c19-18(24)20-15(17(22)23)10-14(16(20)21)11-6-8-13(9-7-11)25-12-4-2-1-3-5-12/h1-9,14-15H,10H2,(H2,19,24)(H,22,23)/t14-,15+/m0/s1. The van der Waals surface area contributed by atoms with Gasteiger partial charge >= 0.3 is 12.0 Å². The number of nitrogens with two attached hydrogens (primary N) is 1. The largest absolute Gasteiger partial charge is 0.480 e. The predicted molar refractivity (Wildman–Crippen MR) is 88.2 cm³/mol. The molecule has 1 saturated heterocycles. The molecule has 3 rings (SSSR count). The second-order valence-electron chi connectivity index (χ2n) is 5.67.